The van der Waals surface area contributed by atoms with Crippen molar-refractivity contribution >= 4 is 28.5 Å². The molecule has 2 aliphatic rings. The Morgan fingerprint density at radius 3 is 2.60 bits per heavy atom. The summed E-state index contributed by atoms with van der Waals surface area (Å²) in [5, 5.41) is 7.19. The highest BCUT2D eigenvalue weighted by molar-refractivity contribution is 7.85. The van der Waals surface area contributed by atoms with Crippen LogP contribution >= 0.6 is 0 Å². The molecule has 0 saturated carbocycles. The van der Waals surface area contributed by atoms with E-state index < -0.39 is 35.6 Å². The van der Waals surface area contributed by atoms with Gasteiger partial charge in [0.05, 0.1) is 22.5 Å². The molecule has 214 valence electrons. The maximum absolute atomic E-state index is 12.7. The van der Waals surface area contributed by atoms with Crippen molar-refractivity contribution in [3.8, 4) is 11.4 Å². The number of pyridine rings is 1. The van der Waals surface area contributed by atoms with Crippen LogP contribution in [0.15, 0.2) is 33.9 Å². The molecule has 3 aromatic rings. The number of ether oxygens (including phenoxy) is 1. The molecule has 15 heteroatoms. The summed E-state index contributed by atoms with van der Waals surface area (Å²) in [7, 11) is -1.35. The molecule has 0 bridgehead atoms. The molecule has 0 spiro atoms. The van der Waals surface area contributed by atoms with Crippen LogP contribution in [0.2, 0.25) is 0 Å². The quantitative estimate of drug-likeness (QED) is 0.393. The van der Waals surface area contributed by atoms with Crippen molar-refractivity contribution in [2.45, 2.75) is 56.1 Å². The average molecular weight is 580 g/mol. The van der Waals surface area contributed by atoms with Crippen molar-refractivity contribution < 1.29 is 31.4 Å². The normalized spacial score (nSPS) is 18.6. The van der Waals surface area contributed by atoms with E-state index in [2.05, 4.69) is 35.1 Å². The van der Waals surface area contributed by atoms with Gasteiger partial charge in [0.15, 0.2) is 0 Å². The van der Waals surface area contributed by atoms with E-state index in [0.717, 1.165) is 18.4 Å². The summed E-state index contributed by atoms with van der Waals surface area (Å²) in [5.74, 6) is -0.224. The van der Waals surface area contributed by atoms with E-state index in [1.807, 2.05) is 17.0 Å². The summed E-state index contributed by atoms with van der Waals surface area (Å²) in [6.45, 7) is 4.25. The number of carbonyl (C=O) groups is 1. The third kappa shape index (κ3) is 6.08. The monoisotopic (exact) mass is 579 g/mol. The first-order valence-corrected chi connectivity index (χ1v) is 14.2. The van der Waals surface area contributed by atoms with Gasteiger partial charge in [-0.15, -0.1) is 0 Å². The minimum Gasteiger partial charge on any atom is -0.457 e. The fourth-order valence-electron chi connectivity index (χ4n) is 4.59. The summed E-state index contributed by atoms with van der Waals surface area (Å²) in [6, 6.07) is 2.94. The SMILES string of the molecule is CC(C)C(COC(=O)C(F)(F)F)Nc1nc(N2CCC(c3nc(-c4ccncc4)no3)CC2)nc2c1[S@](=O)CC2. The molecule has 1 saturated heterocycles. The van der Waals surface area contributed by atoms with Crippen LogP contribution in [0.4, 0.5) is 24.9 Å². The van der Waals surface area contributed by atoms with E-state index in [4.69, 9.17) is 4.52 Å². The van der Waals surface area contributed by atoms with Crippen LogP contribution in [0.1, 0.15) is 44.2 Å². The molecule has 0 radical (unpaired) electrons. The summed E-state index contributed by atoms with van der Waals surface area (Å²) < 4.78 is 60.7. The standard InChI is InChI=1S/C25H28F3N7O4S/c1-14(2)18(13-38-23(36)25(26,27)28)30-21-19-17(7-12-40(19)37)31-24(33-21)35-10-5-16(6-11-35)22-32-20(34-39-22)15-3-8-29-9-4-15/h3-4,8-9,14,16,18H,5-7,10-13H2,1-2H3,(H,30,31,33)/t18?,40-/m1/s1. The Balaban J connectivity index is 1.30. The molecule has 0 aliphatic carbocycles. The minimum absolute atomic E-state index is 0.0625. The number of piperidine rings is 1. The highest BCUT2D eigenvalue weighted by Gasteiger charge is 2.41. The number of esters is 1. The first kappa shape index (κ1) is 27.9. The number of hydrogen-bond acceptors (Lipinski definition) is 11. The molecule has 1 N–H and O–H groups in total. The van der Waals surface area contributed by atoms with E-state index in [1.165, 1.54) is 0 Å². The number of rotatable bonds is 8. The predicted octanol–water partition coefficient (Wildman–Crippen LogP) is 3.51. The van der Waals surface area contributed by atoms with E-state index in [-0.39, 0.29) is 11.8 Å². The lowest BCUT2D eigenvalue weighted by Crippen LogP contribution is -2.37. The van der Waals surface area contributed by atoms with Gasteiger partial charge >= 0.3 is 12.1 Å². The van der Waals surface area contributed by atoms with Crippen LogP contribution in [0, 0.1) is 5.92 Å². The van der Waals surface area contributed by atoms with Gasteiger partial charge in [-0.2, -0.15) is 23.1 Å². The topological polar surface area (TPSA) is 136 Å². The largest absolute Gasteiger partial charge is 0.490 e. The van der Waals surface area contributed by atoms with Gasteiger partial charge in [-0.3, -0.25) is 9.19 Å². The summed E-state index contributed by atoms with van der Waals surface area (Å²) in [4.78, 5) is 31.6. The second-order valence-electron chi connectivity index (χ2n) is 9.99. The van der Waals surface area contributed by atoms with Gasteiger partial charge in [-0.25, -0.2) is 9.78 Å². The molecule has 1 fully saturated rings. The van der Waals surface area contributed by atoms with Crippen LogP contribution in [0.5, 0.6) is 0 Å². The highest BCUT2D eigenvalue weighted by atomic mass is 32.2. The van der Waals surface area contributed by atoms with Crippen LogP contribution in [-0.4, -0.2) is 72.9 Å². The zero-order valence-corrected chi connectivity index (χ0v) is 22.7. The van der Waals surface area contributed by atoms with Gasteiger partial charge in [-0.05, 0) is 30.9 Å². The average Bonchev–Trinajstić information content (AvgIpc) is 3.58. The third-order valence-electron chi connectivity index (χ3n) is 6.94. The fourth-order valence-corrected chi connectivity index (χ4v) is 5.91. The fraction of sp³-hybridized carbons (Fsp3) is 0.520. The Kier molecular flexibility index (Phi) is 8.01. The smallest absolute Gasteiger partial charge is 0.457 e. The molecule has 2 aliphatic heterocycles. The molecular formula is C25H28F3N7O4S. The first-order valence-electron chi connectivity index (χ1n) is 12.9. The van der Waals surface area contributed by atoms with Gasteiger partial charge in [0.25, 0.3) is 0 Å². The van der Waals surface area contributed by atoms with Crippen molar-refractivity contribution in [1.82, 2.24) is 25.1 Å². The lowest BCUT2D eigenvalue weighted by Gasteiger charge is -2.31. The number of aromatic nitrogens is 5. The number of halogens is 3. The van der Waals surface area contributed by atoms with Crippen LogP contribution in [0.3, 0.4) is 0 Å². The molecule has 1 unspecified atom stereocenters. The molecule has 5 heterocycles. The van der Waals surface area contributed by atoms with Crippen molar-refractivity contribution in [1.29, 1.82) is 0 Å². The van der Waals surface area contributed by atoms with Crippen molar-refractivity contribution in [2.24, 2.45) is 5.92 Å². The lowest BCUT2D eigenvalue weighted by atomic mass is 9.97. The van der Waals surface area contributed by atoms with Gasteiger partial charge in [-0.1, -0.05) is 19.0 Å². The maximum Gasteiger partial charge on any atom is 0.490 e. The van der Waals surface area contributed by atoms with Crippen LogP contribution in [-0.2, 0) is 26.8 Å². The Hall–Kier alpha value is -3.62. The van der Waals surface area contributed by atoms with E-state index in [9.17, 15) is 22.2 Å². The zero-order valence-electron chi connectivity index (χ0n) is 21.8. The van der Waals surface area contributed by atoms with E-state index >= 15 is 0 Å². The molecule has 11 nitrogen and oxygen atoms in total. The lowest BCUT2D eigenvalue weighted by molar-refractivity contribution is -0.200. The Labute approximate surface area is 230 Å². The molecule has 0 aromatic carbocycles. The van der Waals surface area contributed by atoms with Gasteiger partial charge < -0.3 is 19.5 Å². The molecule has 5 rings (SSSR count). The summed E-state index contributed by atoms with van der Waals surface area (Å²) in [6.07, 6.45) is 0.178. The molecule has 3 aromatic heterocycles. The Morgan fingerprint density at radius 2 is 1.93 bits per heavy atom. The second kappa shape index (κ2) is 11.5. The van der Waals surface area contributed by atoms with Crippen LogP contribution < -0.4 is 10.2 Å². The third-order valence-corrected chi connectivity index (χ3v) is 8.39. The van der Waals surface area contributed by atoms with Crippen LogP contribution in [0.25, 0.3) is 11.4 Å². The van der Waals surface area contributed by atoms with E-state index in [1.54, 1.807) is 26.2 Å². The molecule has 0 amide bonds. The number of aryl methyl sites for hydroxylation is 1. The summed E-state index contributed by atoms with van der Waals surface area (Å²) >= 11 is 0. The summed E-state index contributed by atoms with van der Waals surface area (Å²) in [5.41, 5.74) is 1.46. The number of carbonyl (C=O) groups excluding carboxylic acids is 1. The van der Waals surface area contributed by atoms with Crippen molar-refractivity contribution in [3.05, 3.63) is 36.1 Å². The Morgan fingerprint density at radius 1 is 1.20 bits per heavy atom. The number of fused-ring (bicyclic) bond motifs is 1. The van der Waals surface area contributed by atoms with E-state index in [0.29, 0.717) is 59.3 Å². The van der Waals surface area contributed by atoms with Gasteiger partial charge in [0.1, 0.15) is 17.3 Å². The number of anilines is 2. The maximum atomic E-state index is 12.7. The first-order chi connectivity index (χ1) is 19.1. The highest BCUT2D eigenvalue weighted by Crippen LogP contribution is 2.34. The zero-order chi connectivity index (χ0) is 28.4. The predicted molar refractivity (Wildman–Crippen MR) is 138 cm³/mol. The molecule has 2 atom stereocenters. The van der Waals surface area contributed by atoms with Crippen molar-refractivity contribution in [3.63, 3.8) is 0 Å². The Bertz CT molecular complexity index is 1380. The van der Waals surface area contributed by atoms with Gasteiger partial charge in [0.2, 0.25) is 17.7 Å². The molecular weight excluding hydrogens is 551 g/mol. The number of alkyl halides is 3. The number of nitrogens with zero attached hydrogens (tertiary/aromatic N) is 6. The second-order valence-corrected chi connectivity index (χ2v) is 11.5. The molecule has 40 heavy (non-hydrogen) atoms. The number of nitrogens with one attached hydrogen (secondary N) is 1. The van der Waals surface area contributed by atoms with Crippen molar-refractivity contribution in [2.75, 3.05) is 35.7 Å². The number of hydrogen-bond donors (Lipinski definition) is 1. The van der Waals surface area contributed by atoms with Gasteiger partial charge in [0, 0.05) is 49.1 Å². The minimum atomic E-state index is -5.08.